The summed E-state index contributed by atoms with van der Waals surface area (Å²) in [6.45, 7) is 0. The monoisotopic (exact) mass is 445 g/mol. The molecule has 0 aliphatic heterocycles. The minimum Gasteiger partial charge on any atom is -0.322 e. The topological polar surface area (TPSA) is 110 Å². The van der Waals surface area contributed by atoms with Gasteiger partial charge in [0.15, 0.2) is 0 Å². The second kappa shape index (κ2) is 8.43. The number of thioether (sulfide) groups is 1. The number of carbonyl (C=O) groups is 1. The Morgan fingerprint density at radius 2 is 1.97 bits per heavy atom. The summed E-state index contributed by atoms with van der Waals surface area (Å²) in [5.74, 6) is 0.432. The van der Waals surface area contributed by atoms with Gasteiger partial charge in [-0.1, -0.05) is 6.07 Å². The first kappa shape index (κ1) is 20.2. The van der Waals surface area contributed by atoms with Gasteiger partial charge in [-0.25, -0.2) is 9.78 Å². The van der Waals surface area contributed by atoms with E-state index < -0.39 is 11.2 Å². The summed E-state index contributed by atoms with van der Waals surface area (Å²) in [5, 5.41) is 3.05. The van der Waals surface area contributed by atoms with Gasteiger partial charge in [-0.2, -0.15) is 0 Å². The van der Waals surface area contributed by atoms with Crippen molar-refractivity contribution in [2.45, 2.75) is 29.5 Å². The highest BCUT2D eigenvalue weighted by molar-refractivity contribution is 7.98. The van der Waals surface area contributed by atoms with Gasteiger partial charge in [0, 0.05) is 41.0 Å². The van der Waals surface area contributed by atoms with Crippen molar-refractivity contribution in [3.05, 3.63) is 93.0 Å². The van der Waals surface area contributed by atoms with E-state index >= 15 is 0 Å². The highest BCUT2D eigenvalue weighted by Crippen LogP contribution is 2.34. The predicted molar refractivity (Wildman–Crippen MR) is 123 cm³/mol. The van der Waals surface area contributed by atoms with Gasteiger partial charge in [0.05, 0.1) is 10.9 Å². The molecule has 5 rings (SSSR count). The first-order chi connectivity index (χ1) is 15.6. The lowest BCUT2D eigenvalue weighted by Crippen LogP contribution is -2.30. The van der Waals surface area contributed by atoms with Gasteiger partial charge in [0.1, 0.15) is 5.65 Å². The van der Waals surface area contributed by atoms with Gasteiger partial charge in [-0.05, 0) is 54.8 Å². The Labute approximate surface area is 186 Å². The molecule has 4 aromatic rings. The number of nitrogens with zero attached hydrogens (tertiary/aromatic N) is 3. The number of aromatic nitrogens is 4. The largest absolute Gasteiger partial charge is 0.330 e. The van der Waals surface area contributed by atoms with Gasteiger partial charge in [0.2, 0.25) is 0 Å². The van der Waals surface area contributed by atoms with Crippen LogP contribution in [0.15, 0.2) is 75.5 Å². The number of fused-ring (bicyclic) bond motifs is 1. The van der Waals surface area contributed by atoms with Crippen molar-refractivity contribution in [1.82, 2.24) is 19.5 Å². The molecule has 1 aliphatic rings. The Hall–Kier alpha value is -3.72. The van der Waals surface area contributed by atoms with Crippen LogP contribution in [0.25, 0.3) is 11.0 Å². The lowest BCUT2D eigenvalue weighted by Gasteiger charge is -2.09. The molecule has 3 heterocycles. The number of carbonyl (C=O) groups excluding carboxylic acids is 1. The average Bonchev–Trinajstić information content (AvgIpc) is 3.64. The normalized spacial score (nSPS) is 13.2. The third kappa shape index (κ3) is 4.19. The second-order valence-corrected chi connectivity index (χ2v) is 8.63. The minimum absolute atomic E-state index is 0.0589. The Bertz CT molecular complexity index is 1410. The fourth-order valence-corrected chi connectivity index (χ4v) is 4.25. The lowest BCUT2D eigenvalue weighted by molar-refractivity contribution is 0.102. The fourth-order valence-electron chi connectivity index (χ4n) is 3.42. The Morgan fingerprint density at radius 3 is 2.69 bits per heavy atom. The van der Waals surface area contributed by atoms with Crippen molar-refractivity contribution in [2.75, 3.05) is 5.32 Å². The first-order valence-corrected chi connectivity index (χ1v) is 11.1. The predicted octanol–water partition coefficient (Wildman–Crippen LogP) is 3.36. The Balaban J connectivity index is 1.31. The minimum atomic E-state index is -0.543. The Kier molecular flexibility index (Phi) is 5.32. The molecule has 0 radical (unpaired) electrons. The van der Waals surface area contributed by atoms with Crippen LogP contribution in [0.3, 0.4) is 0 Å². The maximum Gasteiger partial charge on any atom is 0.330 e. The summed E-state index contributed by atoms with van der Waals surface area (Å²) in [6, 6.07) is 13.0. The number of nitrogens with one attached hydrogen (secondary N) is 2. The molecule has 0 bridgehead atoms. The molecule has 0 atom stereocenters. The molecule has 2 N–H and O–H groups in total. The molecule has 0 saturated heterocycles. The molecule has 160 valence electrons. The molecular formula is C23H19N5O3S. The zero-order chi connectivity index (χ0) is 22.1. The standard InChI is InChI=1S/C23H19N5O3S/c29-21(26-16-3-7-18(8-4-16)32-13-14-2-1-9-24-11-14)15-10-19-20(25-12-15)28(17-5-6-17)23(31)27-22(19)30/h1-4,7-12,17H,5-6,13H2,(H,26,29)(H,27,30,31). The summed E-state index contributed by atoms with van der Waals surface area (Å²) in [4.78, 5) is 48.9. The maximum atomic E-state index is 12.7. The Morgan fingerprint density at radius 1 is 1.16 bits per heavy atom. The van der Waals surface area contributed by atoms with E-state index in [2.05, 4.69) is 20.3 Å². The van der Waals surface area contributed by atoms with Crippen LogP contribution in [0.4, 0.5) is 5.69 Å². The first-order valence-electron chi connectivity index (χ1n) is 10.2. The molecule has 1 aliphatic carbocycles. The van der Waals surface area contributed by atoms with E-state index in [0.717, 1.165) is 29.1 Å². The number of pyridine rings is 2. The van der Waals surface area contributed by atoms with Gasteiger partial charge in [-0.3, -0.25) is 24.1 Å². The lowest BCUT2D eigenvalue weighted by atomic mass is 10.2. The van der Waals surface area contributed by atoms with Crippen LogP contribution < -0.4 is 16.6 Å². The van der Waals surface area contributed by atoms with Crippen LogP contribution in [0.1, 0.15) is 34.8 Å². The van der Waals surface area contributed by atoms with Crippen LogP contribution >= 0.6 is 11.8 Å². The zero-order valence-corrected chi connectivity index (χ0v) is 17.8. The molecule has 3 aromatic heterocycles. The summed E-state index contributed by atoms with van der Waals surface area (Å²) in [6.07, 6.45) is 6.74. The van der Waals surface area contributed by atoms with Gasteiger partial charge in [0.25, 0.3) is 11.5 Å². The third-order valence-corrected chi connectivity index (χ3v) is 6.28. The molecule has 1 amide bonds. The zero-order valence-electron chi connectivity index (χ0n) is 16.9. The molecule has 8 nitrogen and oxygen atoms in total. The number of hydrogen-bond donors (Lipinski definition) is 2. The summed E-state index contributed by atoms with van der Waals surface area (Å²) < 4.78 is 1.50. The molecule has 0 unspecified atom stereocenters. The number of hydrogen-bond acceptors (Lipinski definition) is 6. The summed E-state index contributed by atoms with van der Waals surface area (Å²) in [5.41, 5.74) is 1.33. The van der Waals surface area contributed by atoms with E-state index in [-0.39, 0.29) is 22.9 Å². The molecule has 0 spiro atoms. The van der Waals surface area contributed by atoms with Crippen LogP contribution in [0.5, 0.6) is 0 Å². The maximum absolute atomic E-state index is 12.7. The van der Waals surface area contributed by atoms with Crippen molar-refractivity contribution in [2.24, 2.45) is 0 Å². The highest BCUT2D eigenvalue weighted by atomic mass is 32.2. The van der Waals surface area contributed by atoms with E-state index in [1.165, 1.54) is 16.8 Å². The van der Waals surface area contributed by atoms with E-state index in [1.807, 2.05) is 42.6 Å². The van der Waals surface area contributed by atoms with Crippen LogP contribution in [0.2, 0.25) is 0 Å². The summed E-state index contributed by atoms with van der Waals surface area (Å²) >= 11 is 1.68. The third-order valence-electron chi connectivity index (χ3n) is 5.19. The van der Waals surface area contributed by atoms with Crippen molar-refractivity contribution in [3.63, 3.8) is 0 Å². The van der Waals surface area contributed by atoms with Gasteiger partial charge in [-0.15, -0.1) is 11.8 Å². The molecule has 1 saturated carbocycles. The number of amides is 1. The summed E-state index contributed by atoms with van der Waals surface area (Å²) in [7, 11) is 0. The fraction of sp³-hybridized carbons (Fsp3) is 0.174. The van der Waals surface area contributed by atoms with Crippen molar-refractivity contribution in [3.8, 4) is 0 Å². The van der Waals surface area contributed by atoms with Gasteiger partial charge < -0.3 is 5.32 Å². The van der Waals surface area contributed by atoms with E-state index in [4.69, 9.17) is 0 Å². The van der Waals surface area contributed by atoms with E-state index in [0.29, 0.717) is 11.3 Å². The number of aromatic amines is 1. The number of anilines is 1. The highest BCUT2D eigenvalue weighted by Gasteiger charge is 2.27. The quantitative estimate of drug-likeness (QED) is 0.441. The van der Waals surface area contributed by atoms with E-state index in [1.54, 1.807) is 18.0 Å². The molecular weight excluding hydrogens is 426 g/mol. The van der Waals surface area contributed by atoms with Crippen LogP contribution in [0, 0.1) is 0 Å². The van der Waals surface area contributed by atoms with Crippen molar-refractivity contribution >= 4 is 34.4 Å². The second-order valence-electron chi connectivity index (χ2n) is 7.58. The average molecular weight is 446 g/mol. The van der Waals surface area contributed by atoms with Crippen molar-refractivity contribution < 1.29 is 4.79 Å². The van der Waals surface area contributed by atoms with Crippen LogP contribution in [-0.2, 0) is 5.75 Å². The van der Waals surface area contributed by atoms with Crippen LogP contribution in [-0.4, -0.2) is 25.4 Å². The van der Waals surface area contributed by atoms with E-state index in [9.17, 15) is 14.4 Å². The SMILES string of the molecule is O=C(Nc1ccc(SCc2cccnc2)cc1)c1cnc2c(c1)c(=O)[nH]c(=O)n2C1CC1. The number of rotatable bonds is 6. The molecule has 1 aromatic carbocycles. The molecule has 1 fully saturated rings. The van der Waals surface area contributed by atoms with Gasteiger partial charge >= 0.3 is 5.69 Å². The number of benzene rings is 1. The molecule has 9 heteroatoms. The number of H-pyrrole nitrogens is 1. The smallest absolute Gasteiger partial charge is 0.322 e. The molecule has 32 heavy (non-hydrogen) atoms. The van der Waals surface area contributed by atoms with Crippen molar-refractivity contribution in [1.29, 1.82) is 0 Å².